The molecule has 3 aromatic rings. The van der Waals surface area contributed by atoms with Crippen molar-refractivity contribution in [3.8, 4) is 11.5 Å². The van der Waals surface area contributed by atoms with E-state index in [0.717, 1.165) is 16.9 Å². The molecule has 1 N–H and O–H groups in total. The molecule has 3 rings (SSSR count). The summed E-state index contributed by atoms with van der Waals surface area (Å²) in [5, 5.41) is 4.74. The number of rotatable bonds is 11. The fourth-order valence-corrected chi connectivity index (χ4v) is 3.69. The molecule has 0 heterocycles. The van der Waals surface area contributed by atoms with E-state index in [9.17, 15) is 4.79 Å². The van der Waals surface area contributed by atoms with E-state index in [2.05, 4.69) is 10.5 Å². The molecule has 0 radical (unpaired) electrons. The minimum atomic E-state index is -0.143. The van der Waals surface area contributed by atoms with Crippen molar-refractivity contribution in [2.45, 2.75) is 19.3 Å². The summed E-state index contributed by atoms with van der Waals surface area (Å²) in [5.74, 6) is 2.24. The number of nitrogens with one attached hydrogen (secondary N) is 1. The van der Waals surface area contributed by atoms with Crippen LogP contribution in [0.5, 0.6) is 11.5 Å². The molecule has 0 saturated carbocycles. The Morgan fingerprint density at radius 3 is 2.53 bits per heavy atom. The second kappa shape index (κ2) is 12.8. The zero-order chi connectivity index (χ0) is 22.6. The third-order valence-corrected chi connectivity index (χ3v) is 5.58. The number of thioether (sulfide) groups is 1. The van der Waals surface area contributed by atoms with Crippen LogP contribution in [0, 0.1) is 0 Å². The van der Waals surface area contributed by atoms with Gasteiger partial charge in [-0.25, -0.2) is 5.43 Å². The van der Waals surface area contributed by atoms with Gasteiger partial charge in [0, 0.05) is 10.8 Å². The molecule has 1 amide bonds. The summed E-state index contributed by atoms with van der Waals surface area (Å²) in [6, 6.07) is 23.1. The second-order valence-electron chi connectivity index (χ2n) is 6.83. The first-order valence-corrected chi connectivity index (χ1v) is 11.7. The first kappa shape index (κ1) is 23.7. The number of carbonyl (C=O) groups excluding carboxylic acids is 1. The Labute approximate surface area is 197 Å². The van der Waals surface area contributed by atoms with E-state index in [1.165, 1.54) is 5.56 Å². The normalized spacial score (nSPS) is 10.8. The van der Waals surface area contributed by atoms with Crippen molar-refractivity contribution in [1.29, 1.82) is 0 Å². The van der Waals surface area contributed by atoms with Crippen molar-refractivity contribution in [2.75, 3.05) is 12.4 Å². The number of carbonyl (C=O) groups is 1. The van der Waals surface area contributed by atoms with Crippen LogP contribution in [0.4, 0.5) is 0 Å². The molecule has 166 valence electrons. The van der Waals surface area contributed by atoms with Crippen LogP contribution in [0.3, 0.4) is 0 Å². The first-order valence-electron chi connectivity index (χ1n) is 10.2. The van der Waals surface area contributed by atoms with Crippen molar-refractivity contribution in [3.63, 3.8) is 0 Å². The molecule has 32 heavy (non-hydrogen) atoms. The predicted molar refractivity (Wildman–Crippen MR) is 132 cm³/mol. The van der Waals surface area contributed by atoms with Crippen LogP contribution in [0.25, 0.3) is 0 Å². The summed E-state index contributed by atoms with van der Waals surface area (Å²) in [6.07, 6.45) is 1.59. The number of amides is 1. The van der Waals surface area contributed by atoms with Crippen LogP contribution in [0.2, 0.25) is 5.02 Å². The number of halogens is 1. The maximum absolute atomic E-state index is 12.0. The number of hydrazone groups is 1. The summed E-state index contributed by atoms with van der Waals surface area (Å²) < 4.78 is 11.6. The summed E-state index contributed by atoms with van der Waals surface area (Å²) in [4.78, 5) is 12.0. The van der Waals surface area contributed by atoms with E-state index < -0.39 is 0 Å². The van der Waals surface area contributed by atoms with Gasteiger partial charge in [0.15, 0.2) is 11.5 Å². The van der Waals surface area contributed by atoms with Gasteiger partial charge in [0.2, 0.25) is 5.91 Å². The SMILES string of the molecule is CCOc1cc(C=NNC(=O)CSCc2ccccc2)ccc1OCc1ccc(Cl)cc1. The molecule has 3 aromatic carbocycles. The molecule has 0 saturated heterocycles. The molecule has 0 aliphatic heterocycles. The van der Waals surface area contributed by atoms with Crippen LogP contribution in [-0.4, -0.2) is 24.5 Å². The average molecular weight is 469 g/mol. The standard InChI is InChI=1S/C25H25ClN2O3S/c1-2-30-24-14-21(10-13-23(24)31-16-19-8-11-22(26)12-9-19)15-27-28-25(29)18-32-17-20-6-4-3-5-7-20/h3-15H,2,16-18H2,1H3,(H,28,29). The van der Waals surface area contributed by atoms with Crippen molar-refractivity contribution >= 4 is 35.5 Å². The van der Waals surface area contributed by atoms with Crippen LogP contribution in [0.15, 0.2) is 77.9 Å². The van der Waals surface area contributed by atoms with E-state index in [-0.39, 0.29) is 5.91 Å². The van der Waals surface area contributed by atoms with Crippen LogP contribution >= 0.6 is 23.4 Å². The molecule has 0 aliphatic rings. The Morgan fingerprint density at radius 2 is 1.78 bits per heavy atom. The zero-order valence-electron chi connectivity index (χ0n) is 17.8. The Morgan fingerprint density at radius 1 is 1.00 bits per heavy atom. The minimum absolute atomic E-state index is 0.143. The molecular formula is C25H25ClN2O3S. The molecule has 0 aromatic heterocycles. The topological polar surface area (TPSA) is 59.9 Å². The highest BCUT2D eigenvalue weighted by molar-refractivity contribution is 7.99. The van der Waals surface area contributed by atoms with E-state index in [1.807, 2.05) is 79.7 Å². The Balaban J connectivity index is 1.50. The van der Waals surface area contributed by atoms with Gasteiger partial charge in [0.05, 0.1) is 18.6 Å². The molecule has 0 aliphatic carbocycles. The highest BCUT2D eigenvalue weighted by Crippen LogP contribution is 2.29. The summed E-state index contributed by atoms with van der Waals surface area (Å²) >= 11 is 7.47. The lowest BCUT2D eigenvalue weighted by Crippen LogP contribution is -2.19. The van der Waals surface area contributed by atoms with Crippen molar-refractivity contribution in [3.05, 3.63) is 94.5 Å². The fourth-order valence-electron chi connectivity index (χ4n) is 2.78. The maximum Gasteiger partial charge on any atom is 0.250 e. The van der Waals surface area contributed by atoms with Gasteiger partial charge in [0.25, 0.3) is 0 Å². The second-order valence-corrected chi connectivity index (χ2v) is 8.25. The molecule has 0 fully saturated rings. The summed E-state index contributed by atoms with van der Waals surface area (Å²) in [7, 11) is 0. The van der Waals surface area contributed by atoms with Gasteiger partial charge in [-0.05, 0) is 53.9 Å². The van der Waals surface area contributed by atoms with Gasteiger partial charge in [-0.15, -0.1) is 11.8 Å². The Hall–Kier alpha value is -2.96. The minimum Gasteiger partial charge on any atom is -0.490 e. The maximum atomic E-state index is 12.0. The Kier molecular flexibility index (Phi) is 9.47. The van der Waals surface area contributed by atoms with Crippen molar-refractivity contribution in [2.24, 2.45) is 5.10 Å². The zero-order valence-corrected chi connectivity index (χ0v) is 19.4. The van der Waals surface area contributed by atoms with Crippen LogP contribution in [-0.2, 0) is 17.2 Å². The monoisotopic (exact) mass is 468 g/mol. The smallest absolute Gasteiger partial charge is 0.250 e. The third kappa shape index (κ3) is 7.94. The molecular weight excluding hydrogens is 444 g/mol. The van der Waals surface area contributed by atoms with Crippen molar-refractivity contribution in [1.82, 2.24) is 5.43 Å². The van der Waals surface area contributed by atoms with Gasteiger partial charge in [-0.2, -0.15) is 5.10 Å². The summed E-state index contributed by atoms with van der Waals surface area (Å²) in [6.45, 7) is 2.83. The molecule has 0 spiro atoms. The molecule has 0 atom stereocenters. The molecule has 0 bridgehead atoms. The fraction of sp³-hybridized carbons (Fsp3) is 0.200. The van der Waals surface area contributed by atoms with Crippen LogP contribution < -0.4 is 14.9 Å². The number of benzene rings is 3. The number of ether oxygens (including phenoxy) is 2. The third-order valence-electron chi connectivity index (χ3n) is 4.32. The lowest BCUT2D eigenvalue weighted by Gasteiger charge is -2.12. The van der Waals surface area contributed by atoms with E-state index in [1.54, 1.807) is 18.0 Å². The van der Waals surface area contributed by atoms with E-state index in [4.69, 9.17) is 21.1 Å². The molecule has 7 heteroatoms. The number of hydrogen-bond acceptors (Lipinski definition) is 5. The highest BCUT2D eigenvalue weighted by atomic mass is 35.5. The average Bonchev–Trinajstić information content (AvgIpc) is 2.80. The first-order chi connectivity index (χ1) is 15.6. The quantitative estimate of drug-likeness (QED) is 0.289. The molecule has 5 nitrogen and oxygen atoms in total. The largest absolute Gasteiger partial charge is 0.490 e. The van der Waals surface area contributed by atoms with E-state index in [0.29, 0.717) is 35.5 Å². The lowest BCUT2D eigenvalue weighted by molar-refractivity contribution is -0.118. The van der Waals surface area contributed by atoms with Gasteiger partial charge in [-0.3, -0.25) is 4.79 Å². The number of nitrogens with zero attached hydrogens (tertiary/aromatic N) is 1. The predicted octanol–water partition coefficient (Wildman–Crippen LogP) is 5.70. The van der Waals surface area contributed by atoms with Gasteiger partial charge < -0.3 is 9.47 Å². The van der Waals surface area contributed by atoms with E-state index >= 15 is 0 Å². The lowest BCUT2D eigenvalue weighted by atomic mass is 10.2. The number of hydrogen-bond donors (Lipinski definition) is 1. The van der Waals surface area contributed by atoms with Gasteiger partial charge in [-0.1, -0.05) is 54.1 Å². The molecule has 0 unspecified atom stereocenters. The van der Waals surface area contributed by atoms with Gasteiger partial charge >= 0.3 is 0 Å². The van der Waals surface area contributed by atoms with Gasteiger partial charge in [0.1, 0.15) is 6.61 Å². The highest BCUT2D eigenvalue weighted by Gasteiger charge is 2.07. The summed E-state index contributed by atoms with van der Waals surface area (Å²) in [5.41, 5.74) is 5.56. The Bertz CT molecular complexity index is 1030. The van der Waals surface area contributed by atoms with Crippen LogP contribution in [0.1, 0.15) is 23.6 Å². The van der Waals surface area contributed by atoms with Crippen molar-refractivity contribution < 1.29 is 14.3 Å².